The molecular weight excluding hydrogens is 348 g/mol. The van der Waals surface area contributed by atoms with E-state index in [4.69, 9.17) is 0 Å². The van der Waals surface area contributed by atoms with Crippen LogP contribution in [0.4, 0.5) is 0 Å². The SMILES string of the molecule is CCN(CC)S(=O)(=O)c1ccc(C(=O)NC(C(=O)OC)C(C)O)cc1. The number of esters is 1. The molecular formula is C16H24N2O6S. The number of aliphatic hydroxyl groups is 1. The van der Waals surface area contributed by atoms with Crippen LogP contribution in [0.5, 0.6) is 0 Å². The molecule has 0 aliphatic carbocycles. The molecule has 25 heavy (non-hydrogen) atoms. The lowest BCUT2D eigenvalue weighted by Crippen LogP contribution is -2.48. The Balaban J connectivity index is 2.99. The molecule has 0 bridgehead atoms. The van der Waals surface area contributed by atoms with Crippen LogP contribution in [0, 0.1) is 0 Å². The summed E-state index contributed by atoms with van der Waals surface area (Å²) in [5.74, 6) is -1.40. The number of ether oxygens (including phenoxy) is 1. The van der Waals surface area contributed by atoms with Crippen molar-refractivity contribution in [1.82, 2.24) is 9.62 Å². The van der Waals surface area contributed by atoms with Crippen molar-refractivity contribution in [1.29, 1.82) is 0 Å². The predicted molar refractivity (Wildman–Crippen MR) is 91.5 cm³/mol. The Labute approximate surface area is 147 Å². The Kier molecular flexibility index (Phi) is 7.53. The molecule has 140 valence electrons. The van der Waals surface area contributed by atoms with E-state index in [2.05, 4.69) is 10.1 Å². The number of methoxy groups -OCH3 is 1. The number of rotatable bonds is 8. The molecule has 0 heterocycles. The number of aliphatic hydroxyl groups excluding tert-OH is 1. The van der Waals surface area contributed by atoms with Crippen molar-refractivity contribution in [3.8, 4) is 0 Å². The van der Waals surface area contributed by atoms with E-state index in [9.17, 15) is 23.1 Å². The van der Waals surface area contributed by atoms with Crippen LogP contribution in [0.1, 0.15) is 31.1 Å². The molecule has 8 nitrogen and oxygen atoms in total. The third-order valence-electron chi connectivity index (χ3n) is 3.68. The molecule has 0 saturated heterocycles. The summed E-state index contributed by atoms with van der Waals surface area (Å²) in [6.07, 6.45) is -1.14. The fourth-order valence-electron chi connectivity index (χ4n) is 2.22. The number of nitrogens with one attached hydrogen (secondary N) is 1. The summed E-state index contributed by atoms with van der Waals surface area (Å²) in [5.41, 5.74) is 0.160. The van der Waals surface area contributed by atoms with Gasteiger partial charge in [-0.15, -0.1) is 0 Å². The van der Waals surface area contributed by atoms with E-state index >= 15 is 0 Å². The van der Waals surface area contributed by atoms with Gasteiger partial charge in [-0.1, -0.05) is 13.8 Å². The third-order valence-corrected chi connectivity index (χ3v) is 5.75. The van der Waals surface area contributed by atoms with Crippen molar-refractivity contribution in [2.24, 2.45) is 0 Å². The normalized spacial score (nSPS) is 14.0. The minimum absolute atomic E-state index is 0.0767. The van der Waals surface area contributed by atoms with Gasteiger partial charge in [-0.3, -0.25) is 4.79 Å². The molecule has 0 fully saturated rings. The maximum Gasteiger partial charge on any atom is 0.331 e. The van der Waals surface area contributed by atoms with E-state index in [1.165, 1.54) is 35.5 Å². The molecule has 0 aliphatic heterocycles. The van der Waals surface area contributed by atoms with Crippen molar-refractivity contribution in [3.63, 3.8) is 0 Å². The van der Waals surface area contributed by atoms with E-state index in [1.54, 1.807) is 13.8 Å². The van der Waals surface area contributed by atoms with E-state index in [-0.39, 0.29) is 10.5 Å². The lowest BCUT2D eigenvalue weighted by Gasteiger charge is -2.20. The summed E-state index contributed by atoms with van der Waals surface area (Å²) in [5, 5.41) is 11.9. The van der Waals surface area contributed by atoms with Gasteiger partial charge in [0.25, 0.3) is 5.91 Å². The molecule has 2 N–H and O–H groups in total. The van der Waals surface area contributed by atoms with E-state index < -0.39 is 34.0 Å². The van der Waals surface area contributed by atoms with Crippen molar-refractivity contribution in [3.05, 3.63) is 29.8 Å². The van der Waals surface area contributed by atoms with Crippen LogP contribution in [-0.2, 0) is 19.6 Å². The van der Waals surface area contributed by atoms with Gasteiger partial charge >= 0.3 is 5.97 Å². The molecule has 0 aliphatic rings. The Hall–Kier alpha value is -1.97. The summed E-state index contributed by atoms with van der Waals surface area (Å²) >= 11 is 0. The topological polar surface area (TPSA) is 113 Å². The average Bonchev–Trinajstić information content (AvgIpc) is 2.59. The van der Waals surface area contributed by atoms with Crippen LogP contribution in [0.2, 0.25) is 0 Å². The number of carbonyl (C=O) groups is 2. The van der Waals surface area contributed by atoms with E-state index in [0.29, 0.717) is 13.1 Å². The minimum atomic E-state index is -3.61. The number of benzene rings is 1. The highest BCUT2D eigenvalue weighted by Gasteiger charge is 2.27. The molecule has 2 unspecified atom stereocenters. The number of sulfonamides is 1. The highest BCUT2D eigenvalue weighted by Crippen LogP contribution is 2.16. The van der Waals surface area contributed by atoms with Gasteiger partial charge in [0.1, 0.15) is 0 Å². The molecule has 9 heteroatoms. The number of hydrogen-bond donors (Lipinski definition) is 2. The predicted octanol–water partition coefficient (Wildman–Crippen LogP) is 0.369. The largest absolute Gasteiger partial charge is 0.467 e. The Morgan fingerprint density at radius 3 is 2.12 bits per heavy atom. The van der Waals surface area contributed by atoms with Crippen molar-refractivity contribution < 1.29 is 27.9 Å². The van der Waals surface area contributed by atoms with Crippen molar-refractivity contribution in [2.45, 2.75) is 37.8 Å². The lowest BCUT2D eigenvalue weighted by atomic mass is 10.1. The second-order valence-electron chi connectivity index (χ2n) is 5.33. The quantitative estimate of drug-likeness (QED) is 0.638. The fraction of sp³-hybridized carbons (Fsp3) is 0.500. The number of carbonyl (C=O) groups excluding carboxylic acids is 2. The molecule has 0 saturated carbocycles. The van der Waals surface area contributed by atoms with Crippen LogP contribution in [0.25, 0.3) is 0 Å². The maximum absolute atomic E-state index is 12.4. The van der Waals surface area contributed by atoms with Gasteiger partial charge in [-0.2, -0.15) is 4.31 Å². The van der Waals surface area contributed by atoms with Crippen LogP contribution in [0.3, 0.4) is 0 Å². The molecule has 0 aromatic heterocycles. The average molecular weight is 372 g/mol. The number of amides is 1. The molecule has 0 radical (unpaired) electrons. The number of hydrogen-bond acceptors (Lipinski definition) is 6. The molecule has 1 amide bonds. The Morgan fingerprint density at radius 2 is 1.72 bits per heavy atom. The first kappa shape index (κ1) is 21.1. The van der Waals surface area contributed by atoms with Gasteiger partial charge < -0.3 is 15.2 Å². The summed E-state index contributed by atoms with van der Waals surface area (Å²) in [6.45, 7) is 5.52. The molecule has 1 aromatic rings. The van der Waals surface area contributed by atoms with Crippen LogP contribution >= 0.6 is 0 Å². The fourth-order valence-corrected chi connectivity index (χ4v) is 3.68. The summed E-state index contributed by atoms with van der Waals surface area (Å²) in [6, 6.07) is 4.15. The second kappa shape index (κ2) is 8.93. The Bertz CT molecular complexity index is 696. The highest BCUT2D eigenvalue weighted by molar-refractivity contribution is 7.89. The first-order chi connectivity index (χ1) is 11.7. The summed E-state index contributed by atoms with van der Waals surface area (Å²) < 4.78 is 30.6. The van der Waals surface area contributed by atoms with Crippen molar-refractivity contribution in [2.75, 3.05) is 20.2 Å². The van der Waals surface area contributed by atoms with E-state index in [0.717, 1.165) is 7.11 Å². The van der Waals surface area contributed by atoms with Crippen LogP contribution in [-0.4, -0.2) is 62.1 Å². The first-order valence-electron chi connectivity index (χ1n) is 7.85. The zero-order valence-electron chi connectivity index (χ0n) is 14.7. The first-order valence-corrected chi connectivity index (χ1v) is 9.29. The van der Waals surface area contributed by atoms with E-state index in [1.807, 2.05) is 0 Å². The molecule has 0 spiro atoms. The highest BCUT2D eigenvalue weighted by atomic mass is 32.2. The minimum Gasteiger partial charge on any atom is -0.467 e. The molecule has 1 rings (SSSR count). The zero-order valence-corrected chi connectivity index (χ0v) is 15.5. The smallest absolute Gasteiger partial charge is 0.331 e. The van der Waals surface area contributed by atoms with Gasteiger partial charge in [0.15, 0.2) is 6.04 Å². The van der Waals surface area contributed by atoms with Crippen LogP contribution < -0.4 is 5.32 Å². The van der Waals surface area contributed by atoms with Gasteiger partial charge in [-0.25, -0.2) is 13.2 Å². The number of nitrogens with zero attached hydrogens (tertiary/aromatic N) is 1. The van der Waals surface area contributed by atoms with Gasteiger partial charge in [0.05, 0.1) is 18.1 Å². The molecule has 2 atom stereocenters. The monoisotopic (exact) mass is 372 g/mol. The third kappa shape index (κ3) is 5.00. The Morgan fingerprint density at radius 1 is 1.20 bits per heavy atom. The second-order valence-corrected chi connectivity index (χ2v) is 7.27. The van der Waals surface area contributed by atoms with Gasteiger partial charge in [0.2, 0.25) is 10.0 Å². The van der Waals surface area contributed by atoms with Gasteiger partial charge in [0, 0.05) is 18.7 Å². The van der Waals surface area contributed by atoms with Gasteiger partial charge in [-0.05, 0) is 31.2 Å². The maximum atomic E-state index is 12.4. The molecule has 1 aromatic carbocycles. The van der Waals surface area contributed by atoms with Crippen molar-refractivity contribution >= 4 is 21.9 Å². The summed E-state index contributed by atoms with van der Waals surface area (Å²) in [4.78, 5) is 23.8. The zero-order chi connectivity index (χ0) is 19.2. The lowest BCUT2D eigenvalue weighted by molar-refractivity contribution is -0.145. The van der Waals surface area contributed by atoms with Crippen LogP contribution in [0.15, 0.2) is 29.2 Å². The standard InChI is InChI=1S/C16H24N2O6S/c1-5-18(6-2)25(22,23)13-9-7-12(8-10-13)15(20)17-14(11(3)19)16(21)24-4/h7-11,14,19H,5-6H2,1-4H3,(H,17,20). The summed E-state index contributed by atoms with van der Waals surface area (Å²) in [7, 11) is -2.46.